The van der Waals surface area contributed by atoms with Crippen molar-refractivity contribution < 1.29 is 9.47 Å². The number of guanidine groups is 1. The molecule has 0 aliphatic carbocycles. The van der Waals surface area contributed by atoms with Crippen LogP contribution in [0.15, 0.2) is 4.99 Å². The van der Waals surface area contributed by atoms with Crippen molar-refractivity contribution in [2.45, 2.75) is 32.7 Å². The Balaban J connectivity index is 0. The zero-order valence-electron chi connectivity index (χ0n) is 12.0. The maximum Gasteiger partial charge on any atom is 0.191 e. The van der Waals surface area contributed by atoms with Gasteiger partial charge in [-0.2, -0.15) is 0 Å². The summed E-state index contributed by atoms with van der Waals surface area (Å²) >= 11 is 0. The molecule has 0 heterocycles. The Hall–Kier alpha value is -0.0800. The van der Waals surface area contributed by atoms with E-state index in [1.165, 1.54) is 6.42 Å². The van der Waals surface area contributed by atoms with Crippen LogP contribution in [-0.4, -0.2) is 52.5 Å². The number of unbranched alkanes of at least 4 members (excludes halogenated alkanes) is 1. The quantitative estimate of drug-likeness (QED) is 0.279. The van der Waals surface area contributed by atoms with E-state index in [-0.39, 0.29) is 30.0 Å². The molecule has 110 valence electrons. The SMILES string of the molecule is CCCCOCCNC(=NC)NC(C)COC.I. The van der Waals surface area contributed by atoms with E-state index in [0.717, 1.165) is 25.5 Å². The van der Waals surface area contributed by atoms with E-state index in [0.29, 0.717) is 13.2 Å². The first-order chi connectivity index (χ1) is 8.24. The third kappa shape index (κ3) is 12.4. The van der Waals surface area contributed by atoms with Crippen LogP contribution in [-0.2, 0) is 9.47 Å². The molecule has 0 aliphatic heterocycles. The zero-order valence-corrected chi connectivity index (χ0v) is 14.3. The number of nitrogens with one attached hydrogen (secondary N) is 2. The third-order valence-corrected chi connectivity index (χ3v) is 2.20. The van der Waals surface area contributed by atoms with Gasteiger partial charge in [-0.1, -0.05) is 13.3 Å². The summed E-state index contributed by atoms with van der Waals surface area (Å²) in [5, 5.41) is 6.42. The summed E-state index contributed by atoms with van der Waals surface area (Å²) in [5.74, 6) is 0.786. The largest absolute Gasteiger partial charge is 0.383 e. The fourth-order valence-electron chi connectivity index (χ4n) is 1.31. The lowest BCUT2D eigenvalue weighted by atomic mass is 10.4. The fourth-order valence-corrected chi connectivity index (χ4v) is 1.31. The molecule has 0 aromatic heterocycles. The Kier molecular flexibility index (Phi) is 16.8. The highest BCUT2D eigenvalue weighted by Gasteiger charge is 2.03. The highest BCUT2D eigenvalue weighted by molar-refractivity contribution is 14.0. The van der Waals surface area contributed by atoms with Gasteiger partial charge in [-0.05, 0) is 13.3 Å². The molecule has 6 heteroatoms. The molecule has 0 spiro atoms. The first-order valence-corrected chi connectivity index (χ1v) is 6.28. The number of nitrogens with zero attached hydrogens (tertiary/aromatic N) is 1. The van der Waals surface area contributed by atoms with Crippen LogP contribution in [0.3, 0.4) is 0 Å². The number of hydrogen-bond donors (Lipinski definition) is 2. The van der Waals surface area contributed by atoms with Crippen LogP contribution in [0.5, 0.6) is 0 Å². The molecule has 1 unspecified atom stereocenters. The van der Waals surface area contributed by atoms with E-state index in [1.54, 1.807) is 14.2 Å². The van der Waals surface area contributed by atoms with Crippen molar-refractivity contribution in [3.05, 3.63) is 0 Å². The monoisotopic (exact) mass is 373 g/mol. The topological polar surface area (TPSA) is 54.9 Å². The first kappa shape index (κ1) is 20.2. The Morgan fingerprint density at radius 2 is 2.06 bits per heavy atom. The molecule has 0 saturated heterocycles. The number of ether oxygens (including phenoxy) is 2. The van der Waals surface area contributed by atoms with E-state index >= 15 is 0 Å². The van der Waals surface area contributed by atoms with Gasteiger partial charge in [0.15, 0.2) is 5.96 Å². The minimum atomic E-state index is 0. The summed E-state index contributed by atoms with van der Waals surface area (Å²) in [6.45, 7) is 7.18. The normalized spacial score (nSPS) is 12.8. The van der Waals surface area contributed by atoms with Gasteiger partial charge in [-0.25, -0.2) is 0 Å². The Bertz CT molecular complexity index is 204. The van der Waals surface area contributed by atoms with Gasteiger partial charge in [0.05, 0.1) is 13.2 Å². The number of halogens is 1. The van der Waals surface area contributed by atoms with E-state index in [9.17, 15) is 0 Å². The first-order valence-electron chi connectivity index (χ1n) is 6.28. The number of rotatable bonds is 9. The van der Waals surface area contributed by atoms with Gasteiger partial charge in [-0.15, -0.1) is 24.0 Å². The maximum atomic E-state index is 5.45. The van der Waals surface area contributed by atoms with Crippen LogP contribution >= 0.6 is 24.0 Å². The van der Waals surface area contributed by atoms with E-state index in [2.05, 4.69) is 22.5 Å². The van der Waals surface area contributed by atoms with Crippen molar-refractivity contribution in [1.29, 1.82) is 0 Å². The van der Waals surface area contributed by atoms with Crippen LogP contribution in [0.2, 0.25) is 0 Å². The second-order valence-electron chi connectivity index (χ2n) is 3.97. The van der Waals surface area contributed by atoms with Crippen molar-refractivity contribution in [2.24, 2.45) is 4.99 Å². The molecule has 0 rings (SSSR count). The fraction of sp³-hybridized carbons (Fsp3) is 0.917. The van der Waals surface area contributed by atoms with E-state index in [1.807, 2.05) is 6.92 Å². The predicted octanol–water partition coefficient (Wildman–Crippen LogP) is 1.62. The summed E-state index contributed by atoms with van der Waals surface area (Å²) in [6, 6.07) is 0.243. The molecule has 0 bridgehead atoms. The smallest absolute Gasteiger partial charge is 0.191 e. The van der Waals surface area contributed by atoms with Crippen LogP contribution in [0.4, 0.5) is 0 Å². The standard InChI is InChI=1S/C12H27N3O2.HI/c1-5-6-8-17-9-7-14-12(13-3)15-11(2)10-16-4;/h11H,5-10H2,1-4H3,(H2,13,14,15);1H. The lowest BCUT2D eigenvalue weighted by Gasteiger charge is -2.17. The molecule has 0 amide bonds. The van der Waals surface area contributed by atoms with Crippen LogP contribution in [0.1, 0.15) is 26.7 Å². The average Bonchev–Trinajstić information content (AvgIpc) is 2.32. The average molecular weight is 373 g/mol. The Morgan fingerprint density at radius 3 is 2.61 bits per heavy atom. The molecule has 0 aliphatic rings. The van der Waals surface area contributed by atoms with Crippen molar-refractivity contribution in [3.63, 3.8) is 0 Å². The summed E-state index contributed by atoms with van der Waals surface area (Å²) in [7, 11) is 3.45. The molecular weight excluding hydrogens is 345 g/mol. The highest BCUT2D eigenvalue weighted by atomic mass is 127. The predicted molar refractivity (Wildman–Crippen MR) is 87.0 cm³/mol. The van der Waals surface area contributed by atoms with Gasteiger partial charge in [-0.3, -0.25) is 4.99 Å². The van der Waals surface area contributed by atoms with Crippen molar-refractivity contribution in [1.82, 2.24) is 10.6 Å². The van der Waals surface area contributed by atoms with E-state index < -0.39 is 0 Å². The highest BCUT2D eigenvalue weighted by Crippen LogP contribution is 1.87. The minimum absolute atomic E-state index is 0. The number of aliphatic imine (C=N–C) groups is 1. The van der Waals surface area contributed by atoms with Crippen LogP contribution in [0, 0.1) is 0 Å². The number of methoxy groups -OCH3 is 1. The second kappa shape index (κ2) is 15.0. The molecule has 0 aromatic carbocycles. The molecule has 2 N–H and O–H groups in total. The van der Waals surface area contributed by atoms with E-state index in [4.69, 9.17) is 9.47 Å². The van der Waals surface area contributed by atoms with Gasteiger partial charge in [0.1, 0.15) is 0 Å². The van der Waals surface area contributed by atoms with Crippen molar-refractivity contribution in [3.8, 4) is 0 Å². The summed E-state index contributed by atoms with van der Waals surface area (Å²) in [4.78, 5) is 4.13. The molecular formula is C12H28IN3O2. The van der Waals surface area contributed by atoms with Crippen molar-refractivity contribution >= 4 is 29.9 Å². The molecule has 18 heavy (non-hydrogen) atoms. The van der Waals surface area contributed by atoms with Gasteiger partial charge in [0.2, 0.25) is 0 Å². The summed E-state index contributed by atoms with van der Waals surface area (Å²) in [5.41, 5.74) is 0. The zero-order chi connectivity index (χ0) is 12.9. The molecule has 0 aromatic rings. The van der Waals surface area contributed by atoms with Gasteiger partial charge >= 0.3 is 0 Å². The molecule has 0 radical (unpaired) electrons. The molecule has 0 saturated carbocycles. The van der Waals surface area contributed by atoms with Crippen molar-refractivity contribution in [2.75, 3.05) is 40.5 Å². The number of hydrogen-bond acceptors (Lipinski definition) is 3. The molecule has 5 nitrogen and oxygen atoms in total. The minimum Gasteiger partial charge on any atom is -0.383 e. The van der Waals surface area contributed by atoms with Crippen LogP contribution in [0.25, 0.3) is 0 Å². The summed E-state index contributed by atoms with van der Waals surface area (Å²) < 4.78 is 10.5. The second-order valence-corrected chi connectivity index (χ2v) is 3.97. The van der Waals surface area contributed by atoms with Gasteiger partial charge in [0, 0.05) is 33.4 Å². The Morgan fingerprint density at radius 1 is 1.33 bits per heavy atom. The lowest BCUT2D eigenvalue weighted by molar-refractivity contribution is 0.135. The molecule has 1 atom stereocenters. The third-order valence-electron chi connectivity index (χ3n) is 2.20. The lowest BCUT2D eigenvalue weighted by Crippen LogP contribution is -2.44. The Labute approximate surface area is 128 Å². The molecule has 0 fully saturated rings. The maximum absolute atomic E-state index is 5.45. The van der Waals surface area contributed by atoms with Crippen LogP contribution < -0.4 is 10.6 Å². The van der Waals surface area contributed by atoms with Gasteiger partial charge < -0.3 is 20.1 Å². The van der Waals surface area contributed by atoms with Gasteiger partial charge in [0.25, 0.3) is 0 Å². The summed E-state index contributed by atoms with van der Waals surface area (Å²) in [6.07, 6.45) is 2.29.